The maximum atomic E-state index is 11.2. The maximum absolute atomic E-state index is 11.2. The van der Waals surface area contributed by atoms with Crippen molar-refractivity contribution >= 4 is 40.4 Å². The van der Waals surface area contributed by atoms with E-state index in [1.54, 1.807) is 5.38 Å². The quantitative estimate of drug-likeness (QED) is 0.392. The van der Waals surface area contributed by atoms with Gasteiger partial charge in [-0.25, -0.2) is 0 Å². The van der Waals surface area contributed by atoms with E-state index in [1.807, 2.05) is 0 Å². The Labute approximate surface area is 105 Å². The summed E-state index contributed by atoms with van der Waals surface area (Å²) in [4.78, 5) is 35.6. The number of rotatable bonds is 4. The molecule has 9 heteroatoms. The van der Waals surface area contributed by atoms with Crippen molar-refractivity contribution in [2.24, 2.45) is 5.73 Å². The summed E-state index contributed by atoms with van der Waals surface area (Å²) in [5.41, 5.74) is 5.69. The van der Waals surface area contributed by atoms with Gasteiger partial charge in [-0.05, 0) is 0 Å². The van der Waals surface area contributed by atoms with E-state index in [9.17, 15) is 14.4 Å². The zero-order valence-electron chi connectivity index (χ0n) is 8.61. The minimum absolute atomic E-state index is 0.0309. The predicted molar refractivity (Wildman–Crippen MR) is 66.6 cm³/mol. The van der Waals surface area contributed by atoms with E-state index < -0.39 is 11.8 Å². The number of hydrogen-bond donors (Lipinski definition) is 4. The zero-order valence-corrected chi connectivity index (χ0v) is 10.2. The van der Waals surface area contributed by atoms with Gasteiger partial charge in [-0.15, -0.1) is 0 Å². The molecule has 0 aromatic carbocycles. The minimum atomic E-state index is -0.824. The number of hydrogen-bond acceptors (Lipinski definition) is 5. The maximum Gasteiger partial charge on any atom is 0.309 e. The number of carbonyl (C=O) groups excluding carboxylic acids is 2. The second kappa shape index (κ2) is 6.11. The average Bonchev–Trinajstić information content (AvgIpc) is 2.68. The average molecular weight is 274 g/mol. The van der Waals surface area contributed by atoms with Crippen LogP contribution < -0.4 is 21.2 Å². The van der Waals surface area contributed by atoms with Crippen LogP contribution in [0.5, 0.6) is 0 Å². The van der Waals surface area contributed by atoms with Gasteiger partial charge >= 0.3 is 16.7 Å². The molecule has 1 aromatic heterocycles. The fourth-order valence-electron chi connectivity index (χ4n) is 0.904. The summed E-state index contributed by atoms with van der Waals surface area (Å²) < 4.78 is 0. The van der Waals surface area contributed by atoms with Crippen LogP contribution >= 0.6 is 23.6 Å². The molecule has 1 aromatic rings. The molecule has 5 N–H and O–H groups in total. The van der Waals surface area contributed by atoms with Crippen LogP contribution in [0.25, 0.3) is 0 Å². The number of nitrogens with two attached hydrogens (primary N) is 1. The normalized spacial score (nSPS) is 9.65. The zero-order chi connectivity index (χ0) is 12.8. The van der Waals surface area contributed by atoms with Crippen LogP contribution in [0.1, 0.15) is 5.69 Å². The van der Waals surface area contributed by atoms with Gasteiger partial charge in [0, 0.05) is 11.1 Å². The van der Waals surface area contributed by atoms with E-state index in [4.69, 9.17) is 5.73 Å². The van der Waals surface area contributed by atoms with Gasteiger partial charge in [-0.3, -0.25) is 14.4 Å². The second-order valence-electron chi connectivity index (χ2n) is 3.01. The summed E-state index contributed by atoms with van der Waals surface area (Å²) in [7, 11) is 0. The lowest BCUT2D eigenvalue weighted by molar-refractivity contribution is -0.139. The molecule has 7 nitrogen and oxygen atoms in total. The monoisotopic (exact) mass is 274 g/mol. The molecule has 0 aliphatic carbocycles. The Balaban J connectivity index is 2.36. The van der Waals surface area contributed by atoms with E-state index >= 15 is 0 Å². The summed E-state index contributed by atoms with van der Waals surface area (Å²) in [6.07, 6.45) is 0. The highest BCUT2D eigenvalue weighted by Gasteiger charge is 2.12. The number of aromatic amines is 1. The Hall–Kier alpha value is -1.74. The van der Waals surface area contributed by atoms with Gasteiger partial charge in [0.1, 0.15) is 0 Å². The second-order valence-corrected chi connectivity index (χ2v) is 4.37. The predicted octanol–water partition coefficient (Wildman–Crippen LogP) is -1.55. The van der Waals surface area contributed by atoms with Crippen molar-refractivity contribution in [1.29, 1.82) is 0 Å². The van der Waals surface area contributed by atoms with E-state index in [-0.39, 0.29) is 23.0 Å². The topological polar surface area (TPSA) is 117 Å². The van der Waals surface area contributed by atoms with Gasteiger partial charge < -0.3 is 21.4 Å². The fourth-order valence-corrected chi connectivity index (χ4v) is 1.56. The van der Waals surface area contributed by atoms with Crippen molar-refractivity contribution in [2.45, 2.75) is 6.54 Å². The van der Waals surface area contributed by atoms with Crippen molar-refractivity contribution in [3.8, 4) is 0 Å². The fraction of sp³-hybridized carbons (Fsp3) is 0.250. The van der Waals surface area contributed by atoms with Gasteiger partial charge in [0.25, 0.3) is 0 Å². The van der Waals surface area contributed by atoms with E-state index in [2.05, 4.69) is 27.8 Å². The Morgan fingerprint density at radius 2 is 2.06 bits per heavy atom. The molecule has 0 aliphatic rings. The molecule has 0 radical (unpaired) electrons. The Bertz CT molecular complexity index is 493. The molecule has 0 saturated heterocycles. The van der Waals surface area contributed by atoms with Crippen LogP contribution in [-0.4, -0.2) is 28.3 Å². The number of carbonyl (C=O) groups is 2. The highest BCUT2D eigenvalue weighted by molar-refractivity contribution is 7.80. The molecule has 0 bridgehead atoms. The van der Waals surface area contributed by atoms with Crippen molar-refractivity contribution in [3.63, 3.8) is 0 Å². The lowest BCUT2D eigenvalue weighted by Crippen LogP contribution is -2.42. The first-order valence-electron chi connectivity index (χ1n) is 4.50. The highest BCUT2D eigenvalue weighted by Crippen LogP contribution is 1.93. The van der Waals surface area contributed by atoms with Gasteiger partial charge in [-0.2, -0.15) is 0 Å². The molecule has 0 spiro atoms. The number of H-pyrrole nitrogens is 1. The van der Waals surface area contributed by atoms with Crippen molar-refractivity contribution in [2.75, 3.05) is 6.54 Å². The van der Waals surface area contributed by atoms with E-state index in [0.717, 1.165) is 11.3 Å². The first-order valence-corrected chi connectivity index (χ1v) is 5.79. The molecular formula is C8H10N4O3S2. The van der Waals surface area contributed by atoms with Crippen LogP contribution in [0.2, 0.25) is 0 Å². The van der Waals surface area contributed by atoms with Crippen molar-refractivity contribution in [3.05, 3.63) is 20.7 Å². The molecule has 0 atom stereocenters. The summed E-state index contributed by atoms with van der Waals surface area (Å²) >= 11 is 5.52. The van der Waals surface area contributed by atoms with Crippen molar-refractivity contribution in [1.82, 2.24) is 15.6 Å². The Morgan fingerprint density at radius 1 is 1.41 bits per heavy atom. The molecule has 17 heavy (non-hydrogen) atoms. The van der Waals surface area contributed by atoms with Crippen LogP contribution in [0.4, 0.5) is 0 Å². The molecule has 2 amide bonds. The van der Waals surface area contributed by atoms with Crippen molar-refractivity contribution < 1.29 is 9.59 Å². The molecule has 0 aliphatic heterocycles. The molecule has 0 saturated carbocycles. The summed E-state index contributed by atoms with van der Waals surface area (Å²) in [6.45, 7) is 0.0505. The first-order chi connectivity index (χ1) is 7.99. The minimum Gasteiger partial charge on any atom is -0.392 e. The lowest BCUT2D eigenvalue weighted by atomic mass is 10.4. The molecule has 92 valence electrons. The van der Waals surface area contributed by atoms with Gasteiger partial charge in [-0.1, -0.05) is 23.6 Å². The third kappa shape index (κ3) is 4.74. The van der Waals surface area contributed by atoms with Gasteiger partial charge in [0.05, 0.1) is 18.1 Å². The number of thiocarbonyl (C=S) groups is 1. The number of nitrogens with one attached hydrogen (secondary N) is 3. The number of aromatic nitrogens is 1. The van der Waals surface area contributed by atoms with Crippen LogP contribution in [-0.2, 0) is 16.1 Å². The smallest absolute Gasteiger partial charge is 0.309 e. The van der Waals surface area contributed by atoms with Crippen LogP contribution in [0, 0.1) is 0 Å². The highest BCUT2D eigenvalue weighted by atomic mass is 32.1. The van der Waals surface area contributed by atoms with Crippen LogP contribution in [0.3, 0.4) is 0 Å². The Kier molecular flexibility index (Phi) is 4.79. The molecular weight excluding hydrogens is 264 g/mol. The Morgan fingerprint density at radius 3 is 2.59 bits per heavy atom. The van der Waals surface area contributed by atoms with Crippen LogP contribution in [0.15, 0.2) is 10.2 Å². The van der Waals surface area contributed by atoms with E-state index in [0.29, 0.717) is 5.69 Å². The molecule has 0 unspecified atom stereocenters. The van der Waals surface area contributed by atoms with E-state index in [1.165, 1.54) is 0 Å². The number of amides is 2. The third-order valence-corrected chi connectivity index (χ3v) is 2.50. The lowest BCUT2D eigenvalue weighted by Gasteiger charge is -2.04. The molecule has 0 fully saturated rings. The van der Waals surface area contributed by atoms with Gasteiger partial charge in [0.15, 0.2) is 0 Å². The molecule has 1 rings (SSSR count). The number of thiazole rings is 1. The summed E-state index contributed by atoms with van der Waals surface area (Å²) in [5.74, 6) is -1.64. The summed E-state index contributed by atoms with van der Waals surface area (Å²) in [6, 6.07) is 0. The largest absolute Gasteiger partial charge is 0.392 e. The third-order valence-electron chi connectivity index (χ3n) is 1.64. The SMILES string of the molecule is NC(=S)CNC(=O)C(=O)NCc1csc(=O)[nH]1. The first kappa shape index (κ1) is 13.3. The standard InChI is InChI=1S/C8H10N4O3S2/c9-5(16)2-11-7(14)6(13)10-1-4-3-17-8(15)12-4/h3H,1-2H2,(H2,9,16)(H,10,13)(H,11,14)(H,12,15). The molecule has 1 heterocycles. The van der Waals surface area contributed by atoms with Gasteiger partial charge in [0.2, 0.25) is 0 Å². The summed E-state index contributed by atoms with van der Waals surface area (Å²) in [5, 5.41) is 6.14.